The predicted molar refractivity (Wildman–Crippen MR) is 131 cm³/mol. The van der Waals surface area contributed by atoms with Crippen LogP contribution in [0.3, 0.4) is 0 Å². The third kappa shape index (κ3) is 6.41. The minimum Gasteiger partial charge on any atom is -0.455 e. The van der Waals surface area contributed by atoms with Crippen molar-refractivity contribution in [2.45, 2.75) is 6.18 Å². The Morgan fingerprint density at radius 1 is 0.667 bits per heavy atom. The average Bonchev–Trinajstić information content (AvgIpc) is 2.86. The fourth-order valence-corrected chi connectivity index (χ4v) is 3.26. The number of para-hydroxylation sites is 2. The fraction of sp³-hybridized carbons (Fsp3) is 0.0370. The van der Waals surface area contributed by atoms with Crippen LogP contribution in [0.2, 0.25) is 0 Å². The van der Waals surface area contributed by atoms with Gasteiger partial charge in [-0.1, -0.05) is 42.5 Å². The maximum absolute atomic E-state index is 13.0. The maximum atomic E-state index is 13.0. The molecular formula is C27H20F3N3O3. The number of hydrogen-bond acceptors (Lipinski definition) is 3. The molecular weight excluding hydrogens is 471 g/mol. The molecule has 4 aromatic rings. The topological polar surface area (TPSA) is 79.5 Å². The van der Waals surface area contributed by atoms with Crippen LogP contribution in [0.15, 0.2) is 103 Å². The van der Waals surface area contributed by atoms with Gasteiger partial charge in [-0.05, 0) is 60.7 Å². The number of rotatable bonds is 6. The zero-order valence-electron chi connectivity index (χ0n) is 18.7. The van der Waals surface area contributed by atoms with Gasteiger partial charge in [0, 0.05) is 16.9 Å². The van der Waals surface area contributed by atoms with Crippen LogP contribution < -0.4 is 20.7 Å². The number of anilines is 3. The molecule has 4 aromatic carbocycles. The van der Waals surface area contributed by atoms with Gasteiger partial charge in [0.05, 0.1) is 11.3 Å². The molecule has 0 saturated carbocycles. The Morgan fingerprint density at radius 2 is 1.33 bits per heavy atom. The van der Waals surface area contributed by atoms with Crippen LogP contribution in [-0.4, -0.2) is 11.9 Å². The number of hydrogen-bond donors (Lipinski definition) is 3. The molecule has 0 atom stereocenters. The Labute approximate surface area is 204 Å². The van der Waals surface area contributed by atoms with Crippen molar-refractivity contribution in [3.05, 3.63) is 114 Å². The molecule has 0 spiro atoms. The van der Waals surface area contributed by atoms with Crippen molar-refractivity contribution < 1.29 is 27.5 Å². The number of benzene rings is 4. The maximum Gasteiger partial charge on any atom is 0.416 e. The van der Waals surface area contributed by atoms with Crippen molar-refractivity contribution >= 4 is 29.0 Å². The molecule has 3 N–H and O–H groups in total. The Morgan fingerprint density at radius 3 is 2.03 bits per heavy atom. The molecule has 0 radical (unpaired) electrons. The lowest BCUT2D eigenvalue weighted by molar-refractivity contribution is -0.137. The lowest BCUT2D eigenvalue weighted by Crippen LogP contribution is -2.21. The minimum atomic E-state index is -4.55. The first-order chi connectivity index (χ1) is 17.3. The largest absolute Gasteiger partial charge is 0.455 e. The van der Waals surface area contributed by atoms with E-state index in [9.17, 15) is 22.8 Å². The van der Waals surface area contributed by atoms with Crippen molar-refractivity contribution in [2.75, 3.05) is 16.0 Å². The van der Waals surface area contributed by atoms with E-state index in [2.05, 4.69) is 16.0 Å². The summed E-state index contributed by atoms with van der Waals surface area (Å²) in [5.41, 5.74) is 0.0143. The van der Waals surface area contributed by atoms with E-state index in [-0.39, 0.29) is 22.7 Å². The van der Waals surface area contributed by atoms with Gasteiger partial charge in [0.25, 0.3) is 5.91 Å². The molecule has 9 heteroatoms. The Balaban J connectivity index is 1.57. The normalized spacial score (nSPS) is 10.9. The summed E-state index contributed by atoms with van der Waals surface area (Å²) in [6.07, 6.45) is -4.55. The Bertz CT molecular complexity index is 1360. The highest BCUT2D eigenvalue weighted by Gasteiger charge is 2.30. The molecule has 0 aromatic heterocycles. The standard InChI is InChI=1S/C27H20F3N3O3/c28-27(29,30)19-8-7-11-21(17-19)32-26(35)33-23-16-18(25(34)31-20-9-3-1-4-10-20)14-15-24(23)36-22-12-5-2-6-13-22/h1-17H,(H,31,34)(H2,32,33,35). The first-order valence-corrected chi connectivity index (χ1v) is 10.8. The van der Waals surface area contributed by atoms with Crippen LogP contribution in [0.4, 0.5) is 35.0 Å². The Kier molecular flexibility index (Phi) is 7.20. The summed E-state index contributed by atoms with van der Waals surface area (Å²) in [5, 5.41) is 7.69. The van der Waals surface area contributed by atoms with Crippen molar-refractivity contribution in [3.8, 4) is 11.5 Å². The molecule has 0 aliphatic rings. The number of urea groups is 1. The lowest BCUT2D eigenvalue weighted by atomic mass is 10.1. The van der Waals surface area contributed by atoms with Gasteiger partial charge in [0.15, 0.2) is 5.75 Å². The second-order valence-corrected chi connectivity index (χ2v) is 7.60. The van der Waals surface area contributed by atoms with Crippen molar-refractivity contribution in [1.82, 2.24) is 0 Å². The highest BCUT2D eigenvalue weighted by molar-refractivity contribution is 6.06. The third-order valence-corrected chi connectivity index (χ3v) is 4.94. The van der Waals surface area contributed by atoms with E-state index in [4.69, 9.17) is 4.74 Å². The summed E-state index contributed by atoms with van der Waals surface area (Å²) in [6, 6.07) is 25.5. The van der Waals surface area contributed by atoms with Gasteiger partial charge < -0.3 is 20.7 Å². The zero-order chi connectivity index (χ0) is 25.5. The van der Waals surface area contributed by atoms with Crippen molar-refractivity contribution in [2.24, 2.45) is 0 Å². The molecule has 3 amide bonds. The molecule has 0 aliphatic heterocycles. The summed E-state index contributed by atoms with van der Waals surface area (Å²) in [7, 11) is 0. The van der Waals surface area contributed by atoms with E-state index in [1.807, 2.05) is 12.1 Å². The van der Waals surface area contributed by atoms with Gasteiger partial charge in [0.1, 0.15) is 5.75 Å². The van der Waals surface area contributed by atoms with Crippen molar-refractivity contribution in [3.63, 3.8) is 0 Å². The van der Waals surface area contributed by atoms with Crippen LogP contribution in [0, 0.1) is 0 Å². The zero-order valence-corrected chi connectivity index (χ0v) is 18.7. The summed E-state index contributed by atoms with van der Waals surface area (Å²) in [4.78, 5) is 25.4. The van der Waals surface area contributed by atoms with Crippen LogP contribution >= 0.6 is 0 Å². The monoisotopic (exact) mass is 491 g/mol. The molecule has 0 unspecified atom stereocenters. The number of carbonyl (C=O) groups is 2. The van der Waals surface area contributed by atoms with Gasteiger partial charge >= 0.3 is 12.2 Å². The van der Waals surface area contributed by atoms with E-state index in [0.717, 1.165) is 12.1 Å². The second-order valence-electron chi connectivity index (χ2n) is 7.60. The number of amides is 3. The van der Waals surface area contributed by atoms with Crippen LogP contribution in [0.1, 0.15) is 15.9 Å². The fourth-order valence-electron chi connectivity index (χ4n) is 3.26. The van der Waals surface area contributed by atoms with Crippen LogP contribution in [0.25, 0.3) is 0 Å². The minimum absolute atomic E-state index is 0.0502. The van der Waals surface area contributed by atoms with Gasteiger partial charge in [-0.15, -0.1) is 0 Å². The first-order valence-electron chi connectivity index (χ1n) is 10.8. The summed E-state index contributed by atoms with van der Waals surface area (Å²) in [6.45, 7) is 0. The smallest absolute Gasteiger partial charge is 0.416 e. The Hall–Kier alpha value is -4.79. The summed E-state index contributed by atoms with van der Waals surface area (Å²) < 4.78 is 44.9. The number of carbonyl (C=O) groups excluding carboxylic acids is 2. The number of ether oxygens (including phenoxy) is 1. The third-order valence-electron chi connectivity index (χ3n) is 4.94. The molecule has 182 valence electrons. The van der Waals surface area contributed by atoms with E-state index in [1.165, 1.54) is 30.3 Å². The van der Waals surface area contributed by atoms with Gasteiger partial charge in [0.2, 0.25) is 0 Å². The molecule has 0 fully saturated rings. The number of nitrogens with one attached hydrogen (secondary N) is 3. The van der Waals surface area contributed by atoms with Crippen LogP contribution in [-0.2, 0) is 6.18 Å². The second kappa shape index (κ2) is 10.6. The lowest BCUT2D eigenvalue weighted by Gasteiger charge is -2.15. The highest BCUT2D eigenvalue weighted by Crippen LogP contribution is 2.32. The van der Waals surface area contributed by atoms with Gasteiger partial charge in [-0.3, -0.25) is 4.79 Å². The van der Waals surface area contributed by atoms with E-state index in [0.29, 0.717) is 11.4 Å². The van der Waals surface area contributed by atoms with E-state index >= 15 is 0 Å². The van der Waals surface area contributed by atoms with E-state index < -0.39 is 23.7 Å². The molecule has 36 heavy (non-hydrogen) atoms. The molecule has 0 aliphatic carbocycles. The van der Waals surface area contributed by atoms with Gasteiger partial charge in [-0.25, -0.2) is 4.79 Å². The average molecular weight is 491 g/mol. The summed E-state index contributed by atoms with van der Waals surface area (Å²) >= 11 is 0. The van der Waals surface area contributed by atoms with Crippen LogP contribution in [0.5, 0.6) is 11.5 Å². The summed E-state index contributed by atoms with van der Waals surface area (Å²) in [5.74, 6) is 0.297. The SMILES string of the molecule is O=C(Nc1cccc(C(F)(F)F)c1)Nc1cc(C(=O)Nc2ccccc2)ccc1Oc1ccccc1. The molecule has 0 heterocycles. The quantitative estimate of drug-likeness (QED) is 0.263. The highest BCUT2D eigenvalue weighted by atomic mass is 19.4. The molecule has 4 rings (SSSR count). The van der Waals surface area contributed by atoms with E-state index in [1.54, 1.807) is 48.5 Å². The van der Waals surface area contributed by atoms with Gasteiger partial charge in [-0.2, -0.15) is 13.2 Å². The predicted octanol–water partition coefficient (Wildman–Crippen LogP) is 7.39. The first kappa shape index (κ1) is 24.3. The number of halogens is 3. The van der Waals surface area contributed by atoms with Crippen molar-refractivity contribution in [1.29, 1.82) is 0 Å². The molecule has 0 bridgehead atoms. The number of alkyl halides is 3. The molecule has 6 nitrogen and oxygen atoms in total. The molecule has 0 saturated heterocycles.